The molecule has 3 rings (SSSR count). The molecule has 0 radical (unpaired) electrons. The van der Waals surface area contributed by atoms with E-state index >= 15 is 0 Å². The Hall–Kier alpha value is -2.41. The van der Waals surface area contributed by atoms with Crippen molar-refractivity contribution in [3.05, 3.63) is 65.5 Å². The number of aromatic nitrogens is 1. The van der Waals surface area contributed by atoms with Gasteiger partial charge in [0.15, 0.2) is 0 Å². The van der Waals surface area contributed by atoms with Crippen molar-refractivity contribution in [1.29, 1.82) is 0 Å². The molecule has 2 heterocycles. The highest BCUT2D eigenvalue weighted by molar-refractivity contribution is 5.96. The highest BCUT2D eigenvalue weighted by Crippen LogP contribution is 2.36. The second-order valence-electron chi connectivity index (χ2n) is 6.08. The van der Waals surface area contributed by atoms with E-state index in [9.17, 15) is 23.1 Å². The number of nitrogens with zero attached hydrogens (tertiary/aromatic N) is 2. The third-order valence-electron chi connectivity index (χ3n) is 4.56. The van der Waals surface area contributed by atoms with Gasteiger partial charge in [0, 0.05) is 43.9 Å². The maximum absolute atomic E-state index is 13.2. The van der Waals surface area contributed by atoms with Crippen molar-refractivity contribution in [2.24, 2.45) is 5.92 Å². The van der Waals surface area contributed by atoms with Crippen LogP contribution < -0.4 is 0 Å². The Morgan fingerprint density at radius 3 is 2.48 bits per heavy atom. The van der Waals surface area contributed by atoms with Crippen LogP contribution in [0, 0.1) is 5.92 Å². The number of aliphatic hydroxyl groups is 1. The van der Waals surface area contributed by atoms with E-state index in [0.717, 1.165) is 11.6 Å². The molecule has 1 aromatic carbocycles. The van der Waals surface area contributed by atoms with Crippen LogP contribution in [0.3, 0.4) is 0 Å². The molecule has 1 aliphatic rings. The number of aliphatic hydroxyl groups excluding tert-OH is 1. The van der Waals surface area contributed by atoms with E-state index in [4.69, 9.17) is 0 Å². The molecule has 1 saturated heterocycles. The van der Waals surface area contributed by atoms with Crippen molar-refractivity contribution in [1.82, 2.24) is 9.88 Å². The zero-order valence-electron chi connectivity index (χ0n) is 13.3. The molecule has 0 spiro atoms. The minimum absolute atomic E-state index is 0.130. The zero-order valence-corrected chi connectivity index (χ0v) is 13.3. The summed E-state index contributed by atoms with van der Waals surface area (Å²) in [5.74, 6) is -1.01. The lowest BCUT2D eigenvalue weighted by molar-refractivity contribution is -0.138. The predicted molar refractivity (Wildman–Crippen MR) is 84.9 cm³/mol. The van der Waals surface area contributed by atoms with E-state index in [1.807, 2.05) is 0 Å². The van der Waals surface area contributed by atoms with Gasteiger partial charge in [-0.05, 0) is 29.8 Å². The lowest BCUT2D eigenvalue weighted by Gasteiger charge is -2.19. The minimum Gasteiger partial charge on any atom is -0.396 e. The molecular formula is C18H17F3N2O2. The quantitative estimate of drug-likeness (QED) is 0.926. The standard InChI is InChI=1S/C18H17F3N2O2/c19-18(20,21)16-4-2-1-3-14(16)17(25)23-9-13(11-24)15(10-23)12-5-7-22-8-6-12/h1-8,13,15,24H,9-11H2/t13-,15-/m0/s1. The third kappa shape index (κ3) is 3.51. The molecule has 132 valence electrons. The van der Waals surface area contributed by atoms with E-state index in [0.29, 0.717) is 0 Å². The molecule has 1 N–H and O–H groups in total. The average Bonchev–Trinajstić information content (AvgIpc) is 3.05. The predicted octanol–water partition coefficient (Wildman–Crippen LogP) is 2.95. The number of amides is 1. The van der Waals surface area contributed by atoms with Crippen LogP contribution in [0.2, 0.25) is 0 Å². The van der Waals surface area contributed by atoms with Crippen molar-refractivity contribution in [3.8, 4) is 0 Å². The van der Waals surface area contributed by atoms with Crippen molar-refractivity contribution in [3.63, 3.8) is 0 Å². The third-order valence-corrected chi connectivity index (χ3v) is 4.56. The highest BCUT2D eigenvalue weighted by atomic mass is 19.4. The average molecular weight is 350 g/mol. The second kappa shape index (κ2) is 6.84. The highest BCUT2D eigenvalue weighted by Gasteiger charge is 2.40. The molecule has 1 aromatic heterocycles. The van der Waals surface area contributed by atoms with Crippen LogP contribution in [0.5, 0.6) is 0 Å². The summed E-state index contributed by atoms with van der Waals surface area (Å²) in [6, 6.07) is 8.38. The molecule has 1 aliphatic heterocycles. The fraction of sp³-hybridized carbons (Fsp3) is 0.333. The number of carbonyl (C=O) groups is 1. The Morgan fingerprint density at radius 2 is 1.84 bits per heavy atom. The number of alkyl halides is 3. The van der Waals surface area contributed by atoms with Crippen molar-refractivity contribution in [2.75, 3.05) is 19.7 Å². The first-order chi connectivity index (χ1) is 11.9. The summed E-state index contributed by atoms with van der Waals surface area (Å²) >= 11 is 0. The summed E-state index contributed by atoms with van der Waals surface area (Å²) < 4.78 is 39.5. The molecule has 0 aliphatic carbocycles. The van der Waals surface area contributed by atoms with Crippen LogP contribution in [0.4, 0.5) is 13.2 Å². The van der Waals surface area contributed by atoms with Crippen LogP contribution in [0.15, 0.2) is 48.8 Å². The van der Waals surface area contributed by atoms with E-state index in [2.05, 4.69) is 4.98 Å². The summed E-state index contributed by atoms with van der Waals surface area (Å²) in [7, 11) is 0. The van der Waals surface area contributed by atoms with Gasteiger partial charge >= 0.3 is 6.18 Å². The molecule has 2 atom stereocenters. The molecule has 25 heavy (non-hydrogen) atoms. The number of hydrogen-bond donors (Lipinski definition) is 1. The number of likely N-dealkylation sites (tertiary alicyclic amines) is 1. The Labute approximate surface area is 142 Å². The molecule has 0 bridgehead atoms. The summed E-state index contributed by atoms with van der Waals surface area (Å²) in [5, 5.41) is 9.62. The smallest absolute Gasteiger partial charge is 0.396 e. The van der Waals surface area contributed by atoms with Gasteiger partial charge in [-0.25, -0.2) is 0 Å². The molecule has 7 heteroatoms. The number of pyridine rings is 1. The van der Waals surface area contributed by atoms with Crippen LogP contribution in [0.25, 0.3) is 0 Å². The SMILES string of the molecule is O=C(c1ccccc1C(F)(F)F)N1C[C@@H](CO)[C@H](c2ccncc2)C1. The molecule has 1 fully saturated rings. The first-order valence-electron chi connectivity index (χ1n) is 7.88. The van der Waals surface area contributed by atoms with Crippen LogP contribution >= 0.6 is 0 Å². The second-order valence-corrected chi connectivity index (χ2v) is 6.08. The van der Waals surface area contributed by atoms with Gasteiger partial charge in [0.25, 0.3) is 5.91 Å². The fourth-order valence-electron chi connectivity index (χ4n) is 3.30. The number of hydrogen-bond acceptors (Lipinski definition) is 3. The summed E-state index contributed by atoms with van der Waals surface area (Å²) in [6.45, 7) is 0.340. The van der Waals surface area contributed by atoms with Crippen LogP contribution in [-0.2, 0) is 6.18 Å². The number of benzene rings is 1. The Morgan fingerprint density at radius 1 is 1.16 bits per heavy atom. The largest absolute Gasteiger partial charge is 0.417 e. The van der Waals surface area contributed by atoms with Crippen molar-refractivity contribution < 1.29 is 23.1 Å². The van der Waals surface area contributed by atoms with Gasteiger partial charge in [0.2, 0.25) is 0 Å². The van der Waals surface area contributed by atoms with Gasteiger partial charge in [0.05, 0.1) is 11.1 Å². The molecule has 0 saturated carbocycles. The molecule has 4 nitrogen and oxygen atoms in total. The number of halogens is 3. The summed E-state index contributed by atoms with van der Waals surface area (Å²) in [6.07, 6.45) is -1.35. The monoisotopic (exact) mass is 350 g/mol. The van der Waals surface area contributed by atoms with Gasteiger partial charge in [0.1, 0.15) is 0 Å². The molecular weight excluding hydrogens is 333 g/mol. The van der Waals surface area contributed by atoms with Crippen molar-refractivity contribution in [2.45, 2.75) is 12.1 Å². The lowest BCUT2D eigenvalue weighted by Crippen LogP contribution is -2.31. The maximum Gasteiger partial charge on any atom is 0.417 e. The summed E-state index contributed by atoms with van der Waals surface area (Å²) in [5.41, 5.74) is -0.386. The van der Waals surface area contributed by atoms with E-state index in [1.165, 1.54) is 23.1 Å². The summed E-state index contributed by atoms with van der Waals surface area (Å²) in [4.78, 5) is 18.0. The van der Waals surface area contributed by atoms with Crippen LogP contribution in [-0.4, -0.2) is 40.6 Å². The minimum atomic E-state index is -4.59. The maximum atomic E-state index is 13.2. The van der Waals surface area contributed by atoms with Gasteiger partial charge in [-0.3, -0.25) is 9.78 Å². The van der Waals surface area contributed by atoms with Gasteiger partial charge in [-0.1, -0.05) is 12.1 Å². The van der Waals surface area contributed by atoms with Gasteiger partial charge < -0.3 is 10.0 Å². The van der Waals surface area contributed by atoms with Gasteiger partial charge in [-0.15, -0.1) is 0 Å². The number of carbonyl (C=O) groups excluding carboxylic acids is 1. The lowest BCUT2D eigenvalue weighted by atomic mass is 9.90. The van der Waals surface area contributed by atoms with E-state index < -0.39 is 17.6 Å². The van der Waals surface area contributed by atoms with E-state index in [1.54, 1.807) is 24.5 Å². The Bertz CT molecular complexity index is 749. The molecule has 0 unspecified atom stereocenters. The van der Waals surface area contributed by atoms with E-state index in [-0.39, 0.29) is 37.1 Å². The molecule has 1 amide bonds. The Balaban J connectivity index is 1.87. The van der Waals surface area contributed by atoms with Crippen LogP contribution in [0.1, 0.15) is 27.4 Å². The Kier molecular flexibility index (Phi) is 4.76. The fourth-order valence-corrected chi connectivity index (χ4v) is 3.30. The zero-order chi connectivity index (χ0) is 18.0. The normalized spacial score (nSPS) is 20.7. The topological polar surface area (TPSA) is 53.4 Å². The first kappa shape index (κ1) is 17.4. The first-order valence-corrected chi connectivity index (χ1v) is 7.88. The number of rotatable bonds is 3. The molecule has 2 aromatic rings. The van der Waals surface area contributed by atoms with Crippen molar-refractivity contribution >= 4 is 5.91 Å². The van der Waals surface area contributed by atoms with Gasteiger partial charge in [-0.2, -0.15) is 13.2 Å².